The summed E-state index contributed by atoms with van der Waals surface area (Å²) in [7, 11) is 3.07. The summed E-state index contributed by atoms with van der Waals surface area (Å²) in [5.41, 5.74) is 2.47. The van der Waals surface area contributed by atoms with Crippen LogP contribution in [0, 0.1) is 0 Å². The second-order valence-corrected chi connectivity index (χ2v) is 8.53. The molecule has 1 amide bonds. The van der Waals surface area contributed by atoms with E-state index in [1.807, 2.05) is 21.7 Å². The van der Waals surface area contributed by atoms with Gasteiger partial charge in [-0.2, -0.15) is 0 Å². The Morgan fingerprint density at radius 2 is 1.74 bits per heavy atom. The average Bonchev–Trinajstić information content (AvgIpc) is 3.59. The van der Waals surface area contributed by atoms with Gasteiger partial charge < -0.3 is 28.4 Å². The SMILES string of the molecule is COc1cc2c(cc1OC)C1C(=O)c3cc4c(cc3C1N(CCCn1ccnc1)C2=O)OCO4. The Balaban J connectivity index is 1.46. The number of aryl methyl sites for hydroxylation is 1. The summed E-state index contributed by atoms with van der Waals surface area (Å²) in [5, 5.41) is 0. The Morgan fingerprint density at radius 1 is 0.971 bits per heavy atom. The van der Waals surface area contributed by atoms with Gasteiger partial charge in [-0.3, -0.25) is 9.59 Å². The highest BCUT2D eigenvalue weighted by atomic mass is 16.7. The summed E-state index contributed by atoms with van der Waals surface area (Å²) in [4.78, 5) is 33.4. The standard InChI is InChI=1S/C25H23N3O6/c1-31-18-8-14-17(11-19(18)32-2)25(30)28(6-3-5-27-7-4-26-12-27)23-15-9-20-21(34-13-33-20)10-16(15)24(29)22(14)23/h4,7-12,22-23H,3,5-6,13H2,1-2H3. The quantitative estimate of drug-likeness (QED) is 0.557. The molecule has 34 heavy (non-hydrogen) atoms. The normalized spacial score (nSPS) is 19.6. The van der Waals surface area contributed by atoms with Crippen LogP contribution in [0.25, 0.3) is 0 Å². The monoisotopic (exact) mass is 461 g/mol. The van der Waals surface area contributed by atoms with Crippen molar-refractivity contribution in [3.05, 3.63) is 65.2 Å². The van der Waals surface area contributed by atoms with E-state index in [9.17, 15) is 9.59 Å². The van der Waals surface area contributed by atoms with E-state index in [4.69, 9.17) is 18.9 Å². The average molecular weight is 461 g/mol. The number of imidazole rings is 1. The summed E-state index contributed by atoms with van der Waals surface area (Å²) in [5.74, 6) is 1.36. The molecule has 2 unspecified atom stereocenters. The molecular weight excluding hydrogens is 438 g/mol. The fourth-order valence-corrected chi connectivity index (χ4v) is 5.27. The van der Waals surface area contributed by atoms with Crippen LogP contribution in [-0.2, 0) is 6.54 Å². The molecule has 0 bridgehead atoms. The van der Waals surface area contributed by atoms with Gasteiger partial charge in [0.15, 0.2) is 28.8 Å². The van der Waals surface area contributed by atoms with Gasteiger partial charge in [-0.15, -0.1) is 0 Å². The molecule has 3 aromatic rings. The summed E-state index contributed by atoms with van der Waals surface area (Å²) < 4.78 is 24.0. The molecule has 1 aromatic heterocycles. The molecule has 3 aliphatic rings. The molecule has 2 atom stereocenters. The summed E-state index contributed by atoms with van der Waals surface area (Å²) in [6, 6.07) is 6.60. The van der Waals surface area contributed by atoms with Crippen LogP contribution >= 0.6 is 0 Å². The van der Waals surface area contributed by atoms with Crippen molar-refractivity contribution in [3.63, 3.8) is 0 Å². The topological polar surface area (TPSA) is 92.1 Å². The van der Waals surface area contributed by atoms with Gasteiger partial charge >= 0.3 is 0 Å². The highest BCUT2D eigenvalue weighted by molar-refractivity contribution is 6.11. The van der Waals surface area contributed by atoms with Crippen LogP contribution in [0.4, 0.5) is 0 Å². The predicted octanol–water partition coefficient (Wildman–Crippen LogP) is 3.20. The summed E-state index contributed by atoms with van der Waals surface area (Å²) in [6.07, 6.45) is 6.08. The number of aromatic nitrogens is 2. The van der Waals surface area contributed by atoms with Crippen LogP contribution in [0.5, 0.6) is 23.0 Å². The Morgan fingerprint density at radius 3 is 2.47 bits per heavy atom. The number of carbonyl (C=O) groups excluding carboxylic acids is 2. The zero-order chi connectivity index (χ0) is 23.4. The Bertz CT molecular complexity index is 1300. The lowest BCUT2D eigenvalue weighted by Crippen LogP contribution is -2.43. The Labute approximate surface area is 195 Å². The van der Waals surface area contributed by atoms with E-state index in [1.165, 1.54) is 7.11 Å². The lowest BCUT2D eigenvalue weighted by molar-refractivity contribution is 0.0601. The third-order valence-corrected chi connectivity index (χ3v) is 6.82. The lowest BCUT2D eigenvalue weighted by Gasteiger charge is -2.39. The van der Waals surface area contributed by atoms with E-state index in [-0.39, 0.29) is 18.5 Å². The first-order valence-corrected chi connectivity index (χ1v) is 11.1. The number of carbonyl (C=O) groups is 2. The van der Waals surface area contributed by atoms with Crippen molar-refractivity contribution in [2.24, 2.45) is 0 Å². The molecule has 0 saturated heterocycles. The molecule has 9 nitrogen and oxygen atoms in total. The smallest absolute Gasteiger partial charge is 0.254 e. The molecule has 3 heterocycles. The maximum absolute atomic E-state index is 13.8. The number of ketones is 1. The van der Waals surface area contributed by atoms with Crippen molar-refractivity contribution in [2.45, 2.75) is 24.9 Å². The number of Topliss-reactive ketones (excluding diaryl/α,β-unsaturated/α-hetero) is 1. The van der Waals surface area contributed by atoms with E-state index in [1.54, 1.807) is 37.8 Å². The molecule has 2 aromatic carbocycles. The number of amides is 1. The number of benzene rings is 2. The minimum Gasteiger partial charge on any atom is -0.493 e. The number of nitrogens with zero attached hydrogens (tertiary/aromatic N) is 3. The van der Waals surface area contributed by atoms with Gasteiger partial charge in [-0.25, -0.2) is 4.98 Å². The molecule has 1 aliphatic carbocycles. The van der Waals surface area contributed by atoms with Gasteiger partial charge in [-0.05, 0) is 41.8 Å². The van der Waals surface area contributed by atoms with Crippen molar-refractivity contribution >= 4 is 11.7 Å². The van der Waals surface area contributed by atoms with Gasteiger partial charge in [0.05, 0.1) is 32.5 Å². The van der Waals surface area contributed by atoms with Crippen LogP contribution < -0.4 is 18.9 Å². The van der Waals surface area contributed by atoms with Gasteiger partial charge in [-0.1, -0.05) is 0 Å². The van der Waals surface area contributed by atoms with E-state index >= 15 is 0 Å². The number of ether oxygens (including phenoxy) is 4. The highest BCUT2D eigenvalue weighted by Crippen LogP contribution is 2.54. The largest absolute Gasteiger partial charge is 0.493 e. The van der Waals surface area contributed by atoms with Crippen molar-refractivity contribution < 1.29 is 28.5 Å². The van der Waals surface area contributed by atoms with Crippen molar-refractivity contribution in [2.75, 3.05) is 27.6 Å². The third-order valence-electron chi connectivity index (χ3n) is 6.82. The first kappa shape index (κ1) is 20.6. The predicted molar refractivity (Wildman–Crippen MR) is 120 cm³/mol. The molecule has 0 fully saturated rings. The van der Waals surface area contributed by atoms with Crippen LogP contribution in [0.2, 0.25) is 0 Å². The van der Waals surface area contributed by atoms with Crippen LogP contribution in [-0.4, -0.2) is 53.7 Å². The first-order valence-electron chi connectivity index (χ1n) is 11.1. The maximum atomic E-state index is 13.8. The molecule has 0 saturated carbocycles. The molecule has 9 heteroatoms. The zero-order valence-corrected chi connectivity index (χ0v) is 18.8. The number of hydrogen-bond donors (Lipinski definition) is 0. The van der Waals surface area contributed by atoms with Gasteiger partial charge in [0.1, 0.15) is 0 Å². The lowest BCUT2D eigenvalue weighted by atomic mass is 9.82. The van der Waals surface area contributed by atoms with E-state index in [0.717, 1.165) is 5.56 Å². The highest BCUT2D eigenvalue weighted by Gasteiger charge is 2.51. The molecule has 174 valence electrons. The van der Waals surface area contributed by atoms with Gasteiger partial charge in [0, 0.05) is 36.6 Å². The van der Waals surface area contributed by atoms with Crippen molar-refractivity contribution in [1.29, 1.82) is 0 Å². The molecule has 6 rings (SSSR count). The number of methoxy groups -OCH3 is 2. The second kappa shape index (κ2) is 7.79. The fraction of sp³-hybridized carbons (Fsp3) is 0.320. The second-order valence-electron chi connectivity index (χ2n) is 8.53. The summed E-state index contributed by atoms with van der Waals surface area (Å²) in [6.45, 7) is 1.31. The van der Waals surface area contributed by atoms with Gasteiger partial charge in [0.25, 0.3) is 5.91 Å². The molecule has 0 spiro atoms. The minimum absolute atomic E-state index is 0.0427. The first-order chi connectivity index (χ1) is 16.6. The number of fused-ring (bicyclic) bond motifs is 6. The van der Waals surface area contributed by atoms with E-state index in [2.05, 4.69) is 4.98 Å². The van der Waals surface area contributed by atoms with E-state index < -0.39 is 12.0 Å². The van der Waals surface area contributed by atoms with Crippen molar-refractivity contribution in [3.8, 4) is 23.0 Å². The van der Waals surface area contributed by atoms with Crippen LogP contribution in [0.15, 0.2) is 43.0 Å². The third kappa shape index (κ3) is 2.96. The van der Waals surface area contributed by atoms with Gasteiger partial charge in [0.2, 0.25) is 6.79 Å². The molecule has 0 N–H and O–H groups in total. The Kier molecular flexibility index (Phi) is 4.72. The number of rotatable bonds is 6. The molecule has 0 radical (unpaired) electrons. The van der Waals surface area contributed by atoms with Crippen LogP contribution in [0.1, 0.15) is 50.2 Å². The molecular formula is C25H23N3O6. The maximum Gasteiger partial charge on any atom is 0.254 e. The minimum atomic E-state index is -0.543. The van der Waals surface area contributed by atoms with E-state index in [0.29, 0.717) is 59.2 Å². The number of hydrogen-bond acceptors (Lipinski definition) is 7. The van der Waals surface area contributed by atoms with Crippen LogP contribution in [0.3, 0.4) is 0 Å². The fourth-order valence-electron chi connectivity index (χ4n) is 5.27. The summed E-state index contributed by atoms with van der Waals surface area (Å²) >= 11 is 0. The Hall–Kier alpha value is -4.01. The molecule has 2 aliphatic heterocycles. The zero-order valence-electron chi connectivity index (χ0n) is 18.8. The van der Waals surface area contributed by atoms with Crippen molar-refractivity contribution in [1.82, 2.24) is 14.5 Å².